The van der Waals surface area contributed by atoms with Gasteiger partial charge in [-0.3, -0.25) is 4.90 Å². The van der Waals surface area contributed by atoms with Gasteiger partial charge in [0.25, 0.3) is 0 Å². The predicted octanol–water partition coefficient (Wildman–Crippen LogP) is 3.53. The van der Waals surface area contributed by atoms with E-state index in [1.165, 1.54) is 42.5 Å². The normalized spacial score (nSPS) is 26.2. The van der Waals surface area contributed by atoms with Crippen LogP contribution >= 0.6 is 0 Å². The monoisotopic (exact) mass is 266 g/mol. The number of nitrogens with one attached hydrogen (secondary N) is 1. The molecule has 2 aliphatic rings. The van der Waals surface area contributed by atoms with Crippen LogP contribution in [0.3, 0.4) is 0 Å². The lowest BCUT2D eigenvalue weighted by Crippen LogP contribution is -2.41. The Morgan fingerprint density at radius 3 is 3.05 bits per heavy atom. The molecule has 2 heteroatoms. The Morgan fingerprint density at radius 1 is 1.25 bits per heavy atom. The van der Waals surface area contributed by atoms with Gasteiger partial charge < -0.3 is 4.98 Å². The van der Waals surface area contributed by atoms with E-state index in [2.05, 4.69) is 53.2 Å². The molecular formula is C18H22N2. The van der Waals surface area contributed by atoms with Gasteiger partial charge >= 0.3 is 0 Å². The van der Waals surface area contributed by atoms with Crippen molar-refractivity contribution in [1.29, 1.82) is 0 Å². The van der Waals surface area contributed by atoms with Crippen molar-refractivity contribution in [3.8, 4) is 0 Å². The first-order valence-electron chi connectivity index (χ1n) is 7.86. The van der Waals surface area contributed by atoms with Gasteiger partial charge in [-0.15, -0.1) is 0 Å². The van der Waals surface area contributed by atoms with Crippen LogP contribution in [0.25, 0.3) is 10.9 Å². The van der Waals surface area contributed by atoms with E-state index in [0.717, 1.165) is 12.3 Å². The Balaban J connectivity index is 1.71. The van der Waals surface area contributed by atoms with Crippen LogP contribution in [0.5, 0.6) is 0 Å². The lowest BCUT2D eigenvalue weighted by molar-refractivity contribution is 0.198. The smallest absolute Gasteiger partial charge is 0.0458 e. The molecule has 0 radical (unpaired) electrons. The van der Waals surface area contributed by atoms with Crippen molar-refractivity contribution in [3.05, 3.63) is 47.7 Å². The third kappa shape index (κ3) is 1.90. The number of aromatic amines is 1. The lowest BCUT2D eigenvalue weighted by atomic mass is 9.97. The van der Waals surface area contributed by atoms with Crippen LogP contribution in [0, 0.1) is 5.92 Å². The van der Waals surface area contributed by atoms with E-state index in [1.54, 1.807) is 5.56 Å². The van der Waals surface area contributed by atoms with Crippen molar-refractivity contribution >= 4 is 10.9 Å². The molecule has 2 nitrogen and oxygen atoms in total. The Bertz CT molecular complexity index is 652. The summed E-state index contributed by atoms with van der Waals surface area (Å²) in [7, 11) is 0. The first-order valence-corrected chi connectivity index (χ1v) is 7.86. The van der Waals surface area contributed by atoms with E-state index in [0.29, 0.717) is 6.04 Å². The van der Waals surface area contributed by atoms with Gasteiger partial charge in [0, 0.05) is 42.1 Å². The zero-order valence-corrected chi connectivity index (χ0v) is 12.1. The van der Waals surface area contributed by atoms with Crippen LogP contribution in [-0.4, -0.2) is 29.0 Å². The summed E-state index contributed by atoms with van der Waals surface area (Å²) in [6.45, 7) is 4.73. The molecule has 2 aromatic rings. The van der Waals surface area contributed by atoms with E-state index < -0.39 is 0 Å². The maximum atomic E-state index is 3.65. The summed E-state index contributed by atoms with van der Waals surface area (Å²) < 4.78 is 0. The fraction of sp³-hybridized carbons (Fsp3) is 0.444. The summed E-state index contributed by atoms with van der Waals surface area (Å²) in [5, 5.41) is 1.43. The van der Waals surface area contributed by atoms with Gasteiger partial charge in [-0.25, -0.2) is 0 Å². The van der Waals surface area contributed by atoms with Crippen LogP contribution in [-0.2, 0) is 12.8 Å². The minimum absolute atomic E-state index is 0.590. The highest BCUT2D eigenvalue weighted by Gasteiger charge is 2.28. The number of hydrogen-bond acceptors (Lipinski definition) is 1. The second kappa shape index (κ2) is 4.78. The highest BCUT2D eigenvalue weighted by Crippen LogP contribution is 2.30. The molecule has 0 aliphatic carbocycles. The number of fused-ring (bicyclic) bond motifs is 4. The maximum absolute atomic E-state index is 3.65. The molecule has 0 spiro atoms. The molecular weight excluding hydrogens is 244 g/mol. The van der Waals surface area contributed by atoms with E-state index >= 15 is 0 Å². The van der Waals surface area contributed by atoms with Gasteiger partial charge in [0.15, 0.2) is 0 Å². The van der Waals surface area contributed by atoms with Crippen LogP contribution in [0.2, 0.25) is 0 Å². The molecule has 20 heavy (non-hydrogen) atoms. The number of para-hydroxylation sites is 1. The van der Waals surface area contributed by atoms with Crippen molar-refractivity contribution in [2.45, 2.75) is 32.2 Å². The summed E-state index contributed by atoms with van der Waals surface area (Å²) in [5.41, 5.74) is 4.31. The van der Waals surface area contributed by atoms with E-state index in [-0.39, 0.29) is 0 Å². The molecule has 0 unspecified atom stereocenters. The van der Waals surface area contributed by atoms with Crippen LogP contribution in [0.15, 0.2) is 36.4 Å². The quantitative estimate of drug-likeness (QED) is 0.782. The molecule has 4 rings (SSSR count). The molecule has 104 valence electrons. The van der Waals surface area contributed by atoms with Crippen molar-refractivity contribution in [3.63, 3.8) is 0 Å². The Morgan fingerprint density at radius 2 is 2.15 bits per heavy atom. The first kappa shape index (κ1) is 12.2. The average Bonchev–Trinajstić information content (AvgIpc) is 2.73. The van der Waals surface area contributed by atoms with E-state index in [4.69, 9.17) is 0 Å². The van der Waals surface area contributed by atoms with Crippen LogP contribution in [0.4, 0.5) is 0 Å². The second-order valence-electron chi connectivity index (χ2n) is 6.20. The standard InChI is InChI=1S/C18H22N2/c1-2-13-7-8-14-11-18-16(9-10-20(14)12-13)15-5-3-4-6-17(15)19-18/h3-8,13-14,19H,2,9-12H2,1H3/t13-,14+/m0/s1. The van der Waals surface area contributed by atoms with Gasteiger partial charge in [0.1, 0.15) is 0 Å². The third-order valence-electron chi connectivity index (χ3n) is 5.03. The van der Waals surface area contributed by atoms with Gasteiger partial charge in [0.2, 0.25) is 0 Å². The van der Waals surface area contributed by atoms with Gasteiger partial charge in [-0.05, 0) is 30.4 Å². The fourth-order valence-corrected chi connectivity index (χ4v) is 3.80. The number of aromatic nitrogens is 1. The van der Waals surface area contributed by atoms with Gasteiger partial charge in [-0.1, -0.05) is 37.3 Å². The number of benzene rings is 1. The van der Waals surface area contributed by atoms with Crippen molar-refractivity contribution in [1.82, 2.24) is 9.88 Å². The zero-order chi connectivity index (χ0) is 13.5. The highest BCUT2D eigenvalue weighted by atomic mass is 15.2. The summed E-state index contributed by atoms with van der Waals surface area (Å²) in [6.07, 6.45) is 8.46. The molecule has 1 aromatic carbocycles. The average molecular weight is 266 g/mol. The molecule has 0 bridgehead atoms. The zero-order valence-electron chi connectivity index (χ0n) is 12.1. The lowest BCUT2D eigenvalue weighted by Gasteiger charge is -2.34. The Labute approximate surface area is 120 Å². The SMILES string of the molecule is CC[C@H]1C=C[C@@H]2Cc3[nH]c4ccccc4c3CCN2C1. The van der Waals surface area contributed by atoms with E-state index in [9.17, 15) is 0 Å². The molecule has 2 atom stereocenters. The number of H-pyrrole nitrogens is 1. The Kier molecular flexibility index (Phi) is 2.92. The molecule has 1 aromatic heterocycles. The summed E-state index contributed by atoms with van der Waals surface area (Å²) >= 11 is 0. The molecule has 2 aliphatic heterocycles. The third-order valence-corrected chi connectivity index (χ3v) is 5.03. The predicted molar refractivity (Wildman–Crippen MR) is 84.0 cm³/mol. The summed E-state index contributed by atoms with van der Waals surface area (Å²) in [5.74, 6) is 0.749. The van der Waals surface area contributed by atoms with E-state index in [1.807, 2.05) is 0 Å². The summed E-state index contributed by atoms with van der Waals surface area (Å²) in [4.78, 5) is 6.33. The first-order chi connectivity index (χ1) is 9.85. The topological polar surface area (TPSA) is 19.0 Å². The van der Waals surface area contributed by atoms with Crippen molar-refractivity contribution in [2.24, 2.45) is 5.92 Å². The summed E-state index contributed by atoms with van der Waals surface area (Å²) in [6, 6.07) is 9.33. The van der Waals surface area contributed by atoms with Crippen molar-refractivity contribution in [2.75, 3.05) is 13.1 Å². The van der Waals surface area contributed by atoms with Crippen LogP contribution in [0.1, 0.15) is 24.6 Å². The minimum atomic E-state index is 0.590. The van der Waals surface area contributed by atoms with Crippen LogP contribution < -0.4 is 0 Å². The molecule has 0 fully saturated rings. The largest absolute Gasteiger partial charge is 0.358 e. The number of nitrogens with zero attached hydrogens (tertiary/aromatic N) is 1. The highest BCUT2D eigenvalue weighted by molar-refractivity contribution is 5.84. The molecule has 0 amide bonds. The number of rotatable bonds is 1. The van der Waals surface area contributed by atoms with Gasteiger partial charge in [-0.2, -0.15) is 0 Å². The minimum Gasteiger partial charge on any atom is -0.358 e. The second-order valence-corrected chi connectivity index (χ2v) is 6.20. The molecule has 0 saturated carbocycles. The van der Waals surface area contributed by atoms with Gasteiger partial charge in [0.05, 0.1) is 0 Å². The Hall–Kier alpha value is -1.54. The fourth-order valence-electron chi connectivity index (χ4n) is 3.80. The molecule has 0 saturated heterocycles. The molecule has 1 N–H and O–H groups in total. The number of hydrogen-bond donors (Lipinski definition) is 1. The molecule has 3 heterocycles. The van der Waals surface area contributed by atoms with Crippen molar-refractivity contribution < 1.29 is 0 Å². The maximum Gasteiger partial charge on any atom is 0.0458 e.